The highest BCUT2D eigenvalue weighted by Crippen LogP contribution is 2.32. The largest absolute Gasteiger partial charge is 0.252 e. The van der Waals surface area contributed by atoms with Crippen molar-refractivity contribution in [1.82, 2.24) is 4.98 Å². The molecule has 2 aromatic rings. The van der Waals surface area contributed by atoms with Gasteiger partial charge in [0.05, 0.1) is 11.7 Å². The molecule has 3 rings (SSSR count). The SMILES string of the molecule is C[C@@H](N=[N+]=[N-])c1ccc2c(n1)-c1ccccc1CC2. The van der Waals surface area contributed by atoms with Crippen LogP contribution in [0.25, 0.3) is 21.7 Å². The molecule has 1 aromatic heterocycles. The number of azide groups is 1. The lowest BCUT2D eigenvalue weighted by Crippen LogP contribution is -2.07. The Kier molecular flexibility index (Phi) is 2.94. The van der Waals surface area contributed by atoms with Gasteiger partial charge in [-0.15, -0.1) is 0 Å². The standard InChI is InChI=1S/C15H14N4/c1-10(18-19-16)14-9-8-12-7-6-11-4-2-3-5-13(11)15(12)17-14/h2-5,8-10H,6-7H2,1H3/t10-/m1/s1. The number of hydrogen-bond donors (Lipinski definition) is 0. The van der Waals surface area contributed by atoms with E-state index in [4.69, 9.17) is 10.5 Å². The van der Waals surface area contributed by atoms with Crippen LogP contribution >= 0.6 is 0 Å². The first-order valence-corrected chi connectivity index (χ1v) is 6.42. The molecule has 0 radical (unpaired) electrons. The highest BCUT2D eigenvalue weighted by atomic mass is 15.1. The zero-order valence-corrected chi connectivity index (χ0v) is 10.7. The molecule has 19 heavy (non-hydrogen) atoms. The summed E-state index contributed by atoms with van der Waals surface area (Å²) in [6.07, 6.45) is 2.09. The molecule has 4 heteroatoms. The smallest absolute Gasteiger partial charge is 0.0769 e. The normalized spacial score (nSPS) is 13.9. The number of nitrogens with zero attached hydrogens (tertiary/aromatic N) is 4. The van der Waals surface area contributed by atoms with E-state index in [-0.39, 0.29) is 6.04 Å². The molecule has 0 spiro atoms. The molecule has 0 amide bonds. The number of aryl methyl sites for hydroxylation is 2. The van der Waals surface area contributed by atoms with Gasteiger partial charge in [-0.1, -0.05) is 42.4 Å². The van der Waals surface area contributed by atoms with E-state index in [2.05, 4.69) is 34.3 Å². The number of fused-ring (bicyclic) bond motifs is 3. The predicted molar refractivity (Wildman–Crippen MR) is 74.6 cm³/mol. The second kappa shape index (κ2) is 4.75. The van der Waals surface area contributed by atoms with Crippen LogP contribution in [0.1, 0.15) is 29.8 Å². The van der Waals surface area contributed by atoms with E-state index >= 15 is 0 Å². The van der Waals surface area contributed by atoms with Crippen LogP contribution in [0.2, 0.25) is 0 Å². The van der Waals surface area contributed by atoms with Crippen molar-refractivity contribution in [3.63, 3.8) is 0 Å². The van der Waals surface area contributed by atoms with Crippen molar-refractivity contribution in [2.24, 2.45) is 5.11 Å². The highest BCUT2D eigenvalue weighted by Gasteiger charge is 2.18. The van der Waals surface area contributed by atoms with E-state index in [1.807, 2.05) is 19.1 Å². The predicted octanol–water partition coefficient (Wildman–Crippen LogP) is 4.22. The summed E-state index contributed by atoms with van der Waals surface area (Å²) in [7, 11) is 0. The highest BCUT2D eigenvalue weighted by molar-refractivity contribution is 5.69. The number of rotatable bonds is 2. The summed E-state index contributed by atoms with van der Waals surface area (Å²) in [5.41, 5.74) is 14.2. The Hall–Kier alpha value is -2.32. The molecule has 0 bridgehead atoms. The van der Waals surface area contributed by atoms with E-state index in [1.54, 1.807) is 0 Å². The van der Waals surface area contributed by atoms with Crippen molar-refractivity contribution in [2.45, 2.75) is 25.8 Å². The van der Waals surface area contributed by atoms with Crippen LogP contribution in [0.3, 0.4) is 0 Å². The van der Waals surface area contributed by atoms with Crippen molar-refractivity contribution >= 4 is 0 Å². The zero-order chi connectivity index (χ0) is 13.2. The molecule has 1 aliphatic rings. The lowest BCUT2D eigenvalue weighted by molar-refractivity contribution is 0.768. The molecule has 1 heterocycles. The van der Waals surface area contributed by atoms with Crippen LogP contribution in [-0.2, 0) is 12.8 Å². The van der Waals surface area contributed by atoms with Gasteiger partial charge < -0.3 is 0 Å². The van der Waals surface area contributed by atoms with Crippen molar-refractivity contribution in [3.8, 4) is 11.3 Å². The topological polar surface area (TPSA) is 61.7 Å². The molecule has 1 aromatic carbocycles. The Balaban J connectivity index is 2.12. The van der Waals surface area contributed by atoms with Crippen LogP contribution in [0.4, 0.5) is 0 Å². The maximum atomic E-state index is 8.52. The van der Waals surface area contributed by atoms with Crippen molar-refractivity contribution < 1.29 is 0 Å². The second-order valence-electron chi connectivity index (χ2n) is 4.78. The Morgan fingerprint density at radius 3 is 2.79 bits per heavy atom. The van der Waals surface area contributed by atoms with Crippen LogP contribution in [-0.4, -0.2) is 4.98 Å². The first kappa shape index (κ1) is 11.8. The zero-order valence-electron chi connectivity index (χ0n) is 10.7. The fraction of sp³-hybridized carbons (Fsp3) is 0.267. The number of pyridine rings is 1. The number of aromatic nitrogens is 1. The quantitative estimate of drug-likeness (QED) is 0.447. The second-order valence-corrected chi connectivity index (χ2v) is 4.78. The summed E-state index contributed by atoms with van der Waals surface area (Å²) in [4.78, 5) is 7.56. The summed E-state index contributed by atoms with van der Waals surface area (Å²) in [6, 6.07) is 12.2. The Morgan fingerprint density at radius 1 is 1.16 bits per heavy atom. The van der Waals surface area contributed by atoms with E-state index in [1.165, 1.54) is 16.7 Å². The van der Waals surface area contributed by atoms with Crippen molar-refractivity contribution in [3.05, 3.63) is 63.7 Å². The molecule has 0 saturated carbocycles. The average molecular weight is 250 g/mol. The average Bonchev–Trinajstić information content (AvgIpc) is 2.47. The van der Waals surface area contributed by atoms with Gasteiger partial charge in [-0.2, -0.15) is 0 Å². The van der Waals surface area contributed by atoms with Gasteiger partial charge >= 0.3 is 0 Å². The van der Waals surface area contributed by atoms with Gasteiger partial charge in [-0.3, -0.25) is 4.98 Å². The van der Waals surface area contributed by atoms with Gasteiger partial charge in [0.15, 0.2) is 0 Å². The van der Waals surface area contributed by atoms with E-state index < -0.39 is 0 Å². The molecular weight excluding hydrogens is 236 g/mol. The molecule has 0 saturated heterocycles. The summed E-state index contributed by atoms with van der Waals surface area (Å²) >= 11 is 0. The summed E-state index contributed by atoms with van der Waals surface area (Å²) in [5, 5.41) is 3.72. The van der Waals surface area contributed by atoms with Crippen molar-refractivity contribution in [1.29, 1.82) is 0 Å². The molecular formula is C15H14N4. The summed E-state index contributed by atoms with van der Waals surface area (Å²) in [6.45, 7) is 1.86. The molecule has 1 aliphatic carbocycles. The minimum absolute atomic E-state index is 0.232. The minimum atomic E-state index is -0.232. The van der Waals surface area contributed by atoms with Gasteiger partial charge in [0, 0.05) is 16.2 Å². The molecule has 4 nitrogen and oxygen atoms in total. The third-order valence-corrected chi connectivity index (χ3v) is 3.59. The van der Waals surface area contributed by atoms with E-state index in [9.17, 15) is 0 Å². The molecule has 1 atom stereocenters. The lowest BCUT2D eigenvalue weighted by atomic mass is 9.89. The van der Waals surface area contributed by atoms with Crippen LogP contribution in [0.5, 0.6) is 0 Å². The molecule has 0 unspecified atom stereocenters. The third kappa shape index (κ3) is 2.07. The fourth-order valence-electron chi connectivity index (χ4n) is 2.55. The third-order valence-electron chi connectivity index (χ3n) is 3.59. The van der Waals surface area contributed by atoms with Crippen LogP contribution in [0.15, 0.2) is 41.5 Å². The Bertz CT molecular complexity index is 672. The number of hydrogen-bond acceptors (Lipinski definition) is 2. The van der Waals surface area contributed by atoms with Gasteiger partial charge in [0.25, 0.3) is 0 Å². The van der Waals surface area contributed by atoms with E-state index in [0.717, 1.165) is 24.2 Å². The van der Waals surface area contributed by atoms with Crippen molar-refractivity contribution in [2.75, 3.05) is 0 Å². The Morgan fingerprint density at radius 2 is 1.95 bits per heavy atom. The van der Waals surface area contributed by atoms with Crippen LogP contribution in [0, 0.1) is 0 Å². The van der Waals surface area contributed by atoms with Gasteiger partial charge in [0.1, 0.15) is 0 Å². The first-order chi connectivity index (χ1) is 9.29. The Labute approximate surface area is 111 Å². The first-order valence-electron chi connectivity index (χ1n) is 6.42. The molecule has 0 aliphatic heterocycles. The van der Waals surface area contributed by atoms with E-state index in [0.29, 0.717) is 0 Å². The monoisotopic (exact) mass is 250 g/mol. The van der Waals surface area contributed by atoms with Gasteiger partial charge in [-0.25, -0.2) is 0 Å². The maximum Gasteiger partial charge on any atom is 0.0769 e. The molecule has 0 fully saturated rings. The summed E-state index contributed by atoms with van der Waals surface area (Å²) in [5.74, 6) is 0. The molecule has 0 N–H and O–H groups in total. The maximum absolute atomic E-state index is 8.52. The summed E-state index contributed by atoms with van der Waals surface area (Å²) < 4.78 is 0. The van der Waals surface area contributed by atoms with Gasteiger partial charge in [0.2, 0.25) is 0 Å². The fourth-order valence-corrected chi connectivity index (χ4v) is 2.55. The molecule has 94 valence electrons. The lowest BCUT2D eigenvalue weighted by Gasteiger charge is -2.20. The number of benzene rings is 1. The van der Waals surface area contributed by atoms with Gasteiger partial charge in [-0.05, 0) is 35.6 Å². The van der Waals surface area contributed by atoms with Crippen LogP contribution < -0.4 is 0 Å². The minimum Gasteiger partial charge on any atom is -0.252 e.